The summed E-state index contributed by atoms with van der Waals surface area (Å²) in [5, 5.41) is 5.73. The topological polar surface area (TPSA) is 50.4 Å². The van der Waals surface area contributed by atoms with Crippen molar-refractivity contribution in [2.45, 2.75) is 26.0 Å². The molecule has 1 rings (SSSR count). The number of amides is 1. The molecule has 2 N–H and O–H groups in total. The number of alkyl halides is 2. The van der Waals surface area contributed by atoms with Crippen LogP contribution in [0.2, 0.25) is 0 Å². The van der Waals surface area contributed by atoms with Gasteiger partial charge in [-0.1, -0.05) is 12.1 Å². The number of hydrogen-bond donors (Lipinski definition) is 2. The zero-order valence-electron chi connectivity index (χ0n) is 10.8. The summed E-state index contributed by atoms with van der Waals surface area (Å²) in [6, 6.07) is 6.19. The number of benzene rings is 1. The average Bonchev–Trinajstić information content (AvgIpc) is 2.37. The van der Waals surface area contributed by atoms with Gasteiger partial charge in [0.05, 0.1) is 0 Å². The van der Waals surface area contributed by atoms with Crippen LogP contribution in [0.15, 0.2) is 24.3 Å². The van der Waals surface area contributed by atoms with Crippen LogP contribution in [0.5, 0.6) is 5.75 Å². The molecule has 0 aliphatic carbocycles. The van der Waals surface area contributed by atoms with Crippen molar-refractivity contribution >= 4 is 5.91 Å². The van der Waals surface area contributed by atoms with Crippen LogP contribution in [0.4, 0.5) is 8.78 Å². The quantitative estimate of drug-likeness (QED) is 0.711. The van der Waals surface area contributed by atoms with Crippen LogP contribution in [-0.4, -0.2) is 26.1 Å². The Balaban J connectivity index is 2.31. The Morgan fingerprint density at radius 3 is 2.58 bits per heavy atom. The van der Waals surface area contributed by atoms with Gasteiger partial charge in [-0.15, -0.1) is 0 Å². The van der Waals surface area contributed by atoms with Crippen LogP contribution in [0.1, 0.15) is 18.4 Å². The van der Waals surface area contributed by atoms with E-state index in [2.05, 4.69) is 15.4 Å². The van der Waals surface area contributed by atoms with E-state index >= 15 is 0 Å². The molecule has 0 saturated carbocycles. The van der Waals surface area contributed by atoms with Gasteiger partial charge in [-0.25, -0.2) is 0 Å². The predicted octanol–water partition coefficient (Wildman–Crippen LogP) is 1.90. The smallest absolute Gasteiger partial charge is 0.387 e. The lowest BCUT2D eigenvalue weighted by Gasteiger charge is -2.07. The van der Waals surface area contributed by atoms with Crippen LogP contribution in [-0.2, 0) is 11.3 Å². The van der Waals surface area contributed by atoms with Crippen molar-refractivity contribution in [3.05, 3.63) is 29.8 Å². The van der Waals surface area contributed by atoms with Crippen LogP contribution in [0.25, 0.3) is 0 Å². The highest BCUT2D eigenvalue weighted by molar-refractivity contribution is 5.75. The van der Waals surface area contributed by atoms with Crippen LogP contribution in [0.3, 0.4) is 0 Å². The Bertz CT molecular complexity index is 383. The predicted molar refractivity (Wildman–Crippen MR) is 68.1 cm³/mol. The SMILES string of the molecule is CNCCCC(=O)NCc1ccc(OC(F)F)cc1. The van der Waals surface area contributed by atoms with E-state index in [1.165, 1.54) is 12.1 Å². The Hall–Kier alpha value is -1.69. The van der Waals surface area contributed by atoms with Gasteiger partial charge in [-0.3, -0.25) is 4.79 Å². The lowest BCUT2D eigenvalue weighted by Crippen LogP contribution is -2.23. The molecule has 0 bridgehead atoms. The molecule has 1 amide bonds. The van der Waals surface area contributed by atoms with Crippen molar-refractivity contribution in [3.63, 3.8) is 0 Å². The third-order valence-corrected chi connectivity index (χ3v) is 2.47. The van der Waals surface area contributed by atoms with Crippen molar-refractivity contribution in [1.82, 2.24) is 10.6 Å². The van der Waals surface area contributed by atoms with Gasteiger partial charge in [0, 0.05) is 13.0 Å². The summed E-state index contributed by atoms with van der Waals surface area (Å²) >= 11 is 0. The molecule has 0 aromatic heterocycles. The Morgan fingerprint density at radius 1 is 1.32 bits per heavy atom. The van der Waals surface area contributed by atoms with Gasteiger partial charge in [0.15, 0.2) is 0 Å². The van der Waals surface area contributed by atoms with Crippen LogP contribution >= 0.6 is 0 Å². The first kappa shape index (κ1) is 15.4. The highest BCUT2D eigenvalue weighted by Gasteiger charge is 2.04. The van der Waals surface area contributed by atoms with E-state index in [1.54, 1.807) is 12.1 Å². The highest BCUT2D eigenvalue weighted by atomic mass is 19.3. The van der Waals surface area contributed by atoms with Gasteiger partial charge in [-0.05, 0) is 37.7 Å². The number of halogens is 2. The maximum atomic E-state index is 11.9. The van der Waals surface area contributed by atoms with Gasteiger partial charge in [-0.2, -0.15) is 8.78 Å². The molecule has 19 heavy (non-hydrogen) atoms. The number of nitrogens with one attached hydrogen (secondary N) is 2. The molecule has 6 heteroatoms. The first-order valence-corrected chi connectivity index (χ1v) is 6.07. The zero-order chi connectivity index (χ0) is 14.1. The van der Waals surface area contributed by atoms with Crippen LogP contribution in [0, 0.1) is 0 Å². The molecule has 0 aliphatic heterocycles. The molecule has 0 atom stereocenters. The lowest BCUT2D eigenvalue weighted by atomic mass is 10.2. The van der Waals surface area contributed by atoms with Crippen LogP contribution < -0.4 is 15.4 Å². The minimum atomic E-state index is -2.82. The fraction of sp³-hybridized carbons (Fsp3) is 0.462. The van der Waals surface area contributed by atoms with E-state index in [-0.39, 0.29) is 11.7 Å². The summed E-state index contributed by atoms with van der Waals surface area (Å²) in [7, 11) is 1.83. The molecule has 0 spiro atoms. The van der Waals surface area contributed by atoms with E-state index in [0.29, 0.717) is 13.0 Å². The fourth-order valence-electron chi connectivity index (χ4n) is 1.50. The average molecular weight is 272 g/mol. The minimum Gasteiger partial charge on any atom is -0.435 e. The largest absolute Gasteiger partial charge is 0.435 e. The summed E-state index contributed by atoms with van der Waals surface area (Å²) < 4.78 is 28.1. The van der Waals surface area contributed by atoms with Gasteiger partial charge in [0.2, 0.25) is 5.91 Å². The Kier molecular flexibility index (Phi) is 6.81. The van der Waals surface area contributed by atoms with Crippen molar-refractivity contribution in [3.8, 4) is 5.75 Å². The molecule has 106 valence electrons. The minimum absolute atomic E-state index is 0.0249. The zero-order valence-corrected chi connectivity index (χ0v) is 10.8. The van der Waals surface area contributed by atoms with Gasteiger partial charge < -0.3 is 15.4 Å². The number of carbonyl (C=O) groups is 1. The Morgan fingerprint density at radius 2 is 2.00 bits per heavy atom. The number of hydrogen-bond acceptors (Lipinski definition) is 3. The molecule has 1 aromatic rings. The van der Waals surface area contributed by atoms with E-state index < -0.39 is 6.61 Å². The van der Waals surface area contributed by atoms with Crippen molar-refractivity contribution < 1.29 is 18.3 Å². The lowest BCUT2D eigenvalue weighted by molar-refractivity contribution is -0.121. The maximum Gasteiger partial charge on any atom is 0.387 e. The molecule has 0 aliphatic rings. The van der Waals surface area contributed by atoms with E-state index in [9.17, 15) is 13.6 Å². The second-order valence-corrected chi connectivity index (χ2v) is 4.01. The highest BCUT2D eigenvalue weighted by Crippen LogP contribution is 2.14. The van der Waals surface area contributed by atoms with Crippen molar-refractivity contribution in [2.24, 2.45) is 0 Å². The molecule has 0 fully saturated rings. The van der Waals surface area contributed by atoms with E-state index in [0.717, 1.165) is 18.5 Å². The molecule has 4 nitrogen and oxygen atoms in total. The first-order chi connectivity index (χ1) is 9.11. The van der Waals surface area contributed by atoms with Gasteiger partial charge in [0.1, 0.15) is 5.75 Å². The van der Waals surface area contributed by atoms with E-state index in [4.69, 9.17) is 0 Å². The summed E-state index contributed by atoms with van der Waals surface area (Å²) in [6.45, 7) is -1.64. The first-order valence-electron chi connectivity index (χ1n) is 6.07. The molecule has 1 aromatic carbocycles. The molecule has 0 saturated heterocycles. The number of carbonyl (C=O) groups excluding carboxylic acids is 1. The van der Waals surface area contributed by atoms with Gasteiger partial charge >= 0.3 is 6.61 Å². The third-order valence-electron chi connectivity index (χ3n) is 2.47. The summed E-state index contributed by atoms with van der Waals surface area (Å²) in [5.74, 6) is 0.0854. The molecular weight excluding hydrogens is 254 g/mol. The second-order valence-electron chi connectivity index (χ2n) is 4.01. The summed E-state index contributed by atoms with van der Waals surface area (Å²) in [5.41, 5.74) is 0.837. The molecule has 0 radical (unpaired) electrons. The maximum absolute atomic E-state index is 11.9. The third kappa shape index (κ3) is 6.71. The molecule has 0 heterocycles. The molecular formula is C13H18F2N2O2. The normalized spacial score (nSPS) is 10.5. The second kappa shape index (κ2) is 8.42. The van der Waals surface area contributed by atoms with E-state index in [1.807, 2.05) is 7.05 Å². The van der Waals surface area contributed by atoms with Crippen molar-refractivity contribution in [1.29, 1.82) is 0 Å². The standard InChI is InChI=1S/C13H18F2N2O2/c1-16-8-2-3-12(18)17-9-10-4-6-11(7-5-10)19-13(14)15/h4-7,13,16H,2-3,8-9H2,1H3,(H,17,18). The van der Waals surface area contributed by atoms with Gasteiger partial charge in [0.25, 0.3) is 0 Å². The molecule has 0 unspecified atom stereocenters. The summed E-state index contributed by atoms with van der Waals surface area (Å²) in [4.78, 5) is 11.4. The number of ether oxygens (including phenoxy) is 1. The van der Waals surface area contributed by atoms with Crippen molar-refractivity contribution in [2.75, 3.05) is 13.6 Å². The summed E-state index contributed by atoms with van der Waals surface area (Å²) in [6.07, 6.45) is 1.25. The number of rotatable bonds is 8. The monoisotopic (exact) mass is 272 g/mol. The Labute approximate surface area is 111 Å². The fourth-order valence-corrected chi connectivity index (χ4v) is 1.50.